The van der Waals surface area contributed by atoms with E-state index in [1.807, 2.05) is 0 Å². The highest BCUT2D eigenvalue weighted by atomic mass is 32.2. The Morgan fingerprint density at radius 2 is 2.05 bits per heavy atom. The minimum absolute atomic E-state index is 0.0899. The molecular formula is C12H15FO5S. The summed E-state index contributed by atoms with van der Waals surface area (Å²) < 4.78 is 41.6. The van der Waals surface area contributed by atoms with Crippen molar-refractivity contribution in [2.24, 2.45) is 5.92 Å². The van der Waals surface area contributed by atoms with Crippen molar-refractivity contribution in [3.8, 4) is 5.75 Å². The lowest BCUT2D eigenvalue weighted by molar-refractivity contribution is -0.141. The maximum Gasteiger partial charge on any atom is 0.306 e. The summed E-state index contributed by atoms with van der Waals surface area (Å²) in [6.07, 6.45) is 0.972. The van der Waals surface area contributed by atoms with Gasteiger partial charge in [-0.15, -0.1) is 0 Å². The van der Waals surface area contributed by atoms with E-state index in [9.17, 15) is 17.6 Å². The van der Waals surface area contributed by atoms with Gasteiger partial charge in [0.05, 0.1) is 13.0 Å². The van der Waals surface area contributed by atoms with Crippen molar-refractivity contribution < 1.29 is 27.4 Å². The molecule has 1 unspecified atom stereocenters. The minimum atomic E-state index is -3.75. The predicted octanol–water partition coefficient (Wildman–Crippen LogP) is 1.50. The number of benzene rings is 1. The minimum Gasteiger partial charge on any atom is -0.495 e. The van der Waals surface area contributed by atoms with Gasteiger partial charge in [-0.1, -0.05) is 6.92 Å². The molecule has 1 rings (SSSR count). The van der Waals surface area contributed by atoms with Gasteiger partial charge < -0.3 is 9.84 Å². The molecule has 5 nitrogen and oxygen atoms in total. The standard InChI is InChI=1S/C12H15FO5S/c1-7(12(14)15)4-8-5-9(13)11(19(3,16)17)10(6-8)18-2/h5-7H,4H2,1-3H3,(H,14,15). The average molecular weight is 290 g/mol. The van der Waals surface area contributed by atoms with Crippen LogP contribution in [0.1, 0.15) is 12.5 Å². The predicted molar refractivity (Wildman–Crippen MR) is 66.6 cm³/mol. The zero-order valence-electron chi connectivity index (χ0n) is 10.8. The summed E-state index contributed by atoms with van der Waals surface area (Å²) in [4.78, 5) is 10.2. The number of sulfone groups is 1. The Kier molecular flexibility index (Phi) is 4.52. The Hall–Kier alpha value is -1.63. The molecule has 7 heteroatoms. The molecule has 0 aliphatic carbocycles. The highest BCUT2D eigenvalue weighted by molar-refractivity contribution is 7.90. The van der Waals surface area contributed by atoms with Gasteiger partial charge in [0, 0.05) is 6.26 Å². The maximum atomic E-state index is 13.8. The lowest BCUT2D eigenvalue weighted by Gasteiger charge is -2.12. The van der Waals surface area contributed by atoms with Gasteiger partial charge in [-0.3, -0.25) is 4.79 Å². The van der Waals surface area contributed by atoms with Crippen LogP contribution in [0.3, 0.4) is 0 Å². The second kappa shape index (κ2) is 5.56. The van der Waals surface area contributed by atoms with Crippen LogP contribution in [0.15, 0.2) is 17.0 Å². The Morgan fingerprint density at radius 1 is 1.47 bits per heavy atom. The molecular weight excluding hydrogens is 275 g/mol. The molecule has 0 aliphatic rings. The number of aliphatic carboxylic acids is 1. The van der Waals surface area contributed by atoms with E-state index in [1.54, 1.807) is 0 Å². The van der Waals surface area contributed by atoms with E-state index in [0.29, 0.717) is 5.56 Å². The third kappa shape index (κ3) is 3.66. The van der Waals surface area contributed by atoms with Gasteiger partial charge in [0.1, 0.15) is 16.5 Å². The van der Waals surface area contributed by atoms with Gasteiger partial charge in [-0.25, -0.2) is 12.8 Å². The molecule has 1 aromatic carbocycles. The van der Waals surface area contributed by atoms with Crippen molar-refractivity contribution in [3.63, 3.8) is 0 Å². The molecule has 1 aromatic rings. The van der Waals surface area contributed by atoms with Gasteiger partial charge in [0.15, 0.2) is 9.84 Å². The average Bonchev–Trinajstić information content (AvgIpc) is 2.25. The molecule has 19 heavy (non-hydrogen) atoms. The topological polar surface area (TPSA) is 80.7 Å². The first-order chi connectivity index (χ1) is 8.66. The number of hydrogen-bond donors (Lipinski definition) is 1. The van der Waals surface area contributed by atoms with Gasteiger partial charge in [0.25, 0.3) is 0 Å². The lowest BCUT2D eigenvalue weighted by Crippen LogP contribution is -2.13. The molecule has 1 atom stereocenters. The molecule has 0 fully saturated rings. The first-order valence-corrected chi connectivity index (χ1v) is 7.35. The number of ether oxygens (including phenoxy) is 1. The van der Waals surface area contributed by atoms with Crippen molar-refractivity contribution in [1.29, 1.82) is 0 Å². The molecule has 0 radical (unpaired) electrons. The number of methoxy groups -OCH3 is 1. The van der Waals surface area contributed by atoms with Gasteiger partial charge >= 0.3 is 5.97 Å². The van der Waals surface area contributed by atoms with Crippen LogP contribution >= 0.6 is 0 Å². The smallest absolute Gasteiger partial charge is 0.306 e. The van der Waals surface area contributed by atoms with Crippen molar-refractivity contribution in [3.05, 3.63) is 23.5 Å². The van der Waals surface area contributed by atoms with Crippen molar-refractivity contribution in [2.45, 2.75) is 18.2 Å². The van der Waals surface area contributed by atoms with E-state index < -0.39 is 32.4 Å². The number of carbonyl (C=O) groups is 1. The molecule has 0 aliphatic heterocycles. The number of carboxylic acid groups (broad SMARTS) is 1. The summed E-state index contributed by atoms with van der Waals surface area (Å²) in [7, 11) is -2.52. The Balaban J connectivity index is 3.28. The Labute approximate surface area is 110 Å². The van der Waals surface area contributed by atoms with Crippen LogP contribution < -0.4 is 4.74 Å². The number of rotatable bonds is 5. The van der Waals surface area contributed by atoms with Crippen LogP contribution in [0.25, 0.3) is 0 Å². The lowest BCUT2D eigenvalue weighted by atomic mass is 10.0. The van der Waals surface area contributed by atoms with E-state index >= 15 is 0 Å². The van der Waals surface area contributed by atoms with Crippen molar-refractivity contribution in [2.75, 3.05) is 13.4 Å². The number of hydrogen-bond acceptors (Lipinski definition) is 4. The summed E-state index contributed by atoms with van der Waals surface area (Å²) in [5.74, 6) is -2.76. The summed E-state index contributed by atoms with van der Waals surface area (Å²) in [6, 6.07) is 2.37. The summed E-state index contributed by atoms with van der Waals surface area (Å²) >= 11 is 0. The van der Waals surface area contributed by atoms with Crippen LogP contribution in [-0.2, 0) is 21.1 Å². The number of halogens is 1. The second-order valence-electron chi connectivity index (χ2n) is 4.32. The van der Waals surface area contributed by atoms with Crippen LogP contribution in [0.4, 0.5) is 4.39 Å². The largest absolute Gasteiger partial charge is 0.495 e. The molecule has 1 N–H and O–H groups in total. The fraction of sp³-hybridized carbons (Fsp3) is 0.417. The second-order valence-corrected chi connectivity index (χ2v) is 6.28. The van der Waals surface area contributed by atoms with Gasteiger partial charge in [-0.2, -0.15) is 0 Å². The highest BCUT2D eigenvalue weighted by Crippen LogP contribution is 2.29. The van der Waals surface area contributed by atoms with Gasteiger partial charge in [0.2, 0.25) is 0 Å². The zero-order chi connectivity index (χ0) is 14.8. The molecule has 106 valence electrons. The van der Waals surface area contributed by atoms with E-state index in [0.717, 1.165) is 12.3 Å². The molecule has 0 bridgehead atoms. The van der Waals surface area contributed by atoms with E-state index in [2.05, 4.69) is 0 Å². The number of carboxylic acids is 1. The van der Waals surface area contributed by atoms with Crippen LogP contribution in [0, 0.1) is 11.7 Å². The Morgan fingerprint density at radius 3 is 2.47 bits per heavy atom. The van der Waals surface area contributed by atoms with Crippen LogP contribution in [-0.4, -0.2) is 32.9 Å². The summed E-state index contributed by atoms with van der Waals surface area (Å²) in [5, 5.41) is 8.80. The van der Waals surface area contributed by atoms with Crippen molar-refractivity contribution in [1.82, 2.24) is 0 Å². The normalized spacial score (nSPS) is 13.1. The monoisotopic (exact) mass is 290 g/mol. The third-order valence-electron chi connectivity index (χ3n) is 2.62. The first kappa shape index (κ1) is 15.4. The molecule has 0 heterocycles. The summed E-state index contributed by atoms with van der Waals surface area (Å²) in [5.41, 5.74) is 0.372. The zero-order valence-corrected chi connectivity index (χ0v) is 11.6. The SMILES string of the molecule is COc1cc(CC(C)C(=O)O)cc(F)c1S(C)(=O)=O. The van der Waals surface area contributed by atoms with Crippen LogP contribution in [0.5, 0.6) is 5.75 Å². The fourth-order valence-electron chi connectivity index (χ4n) is 1.69. The first-order valence-electron chi connectivity index (χ1n) is 5.46. The Bertz CT molecular complexity index is 594. The summed E-state index contributed by atoms with van der Waals surface area (Å²) in [6.45, 7) is 1.48. The molecule has 0 spiro atoms. The highest BCUT2D eigenvalue weighted by Gasteiger charge is 2.22. The molecule has 0 amide bonds. The van der Waals surface area contributed by atoms with E-state index in [1.165, 1.54) is 20.1 Å². The maximum absolute atomic E-state index is 13.8. The molecule has 0 saturated carbocycles. The van der Waals surface area contributed by atoms with Gasteiger partial charge in [-0.05, 0) is 24.1 Å². The fourth-order valence-corrected chi connectivity index (χ4v) is 2.61. The quantitative estimate of drug-likeness (QED) is 0.889. The van der Waals surface area contributed by atoms with Crippen molar-refractivity contribution >= 4 is 15.8 Å². The third-order valence-corrected chi connectivity index (χ3v) is 3.76. The molecule has 0 aromatic heterocycles. The van der Waals surface area contributed by atoms with E-state index in [-0.39, 0.29) is 12.2 Å². The van der Waals surface area contributed by atoms with Crippen LogP contribution in [0.2, 0.25) is 0 Å². The van der Waals surface area contributed by atoms with E-state index in [4.69, 9.17) is 9.84 Å². The molecule has 0 saturated heterocycles.